The van der Waals surface area contributed by atoms with Crippen LogP contribution in [0, 0.1) is 0 Å². The molecule has 0 aliphatic carbocycles. The number of alkyl halides is 3. The second kappa shape index (κ2) is 7.02. The van der Waals surface area contributed by atoms with Crippen LogP contribution in [0.1, 0.15) is 24.2 Å². The number of hydrogen-bond donors (Lipinski definition) is 0. The summed E-state index contributed by atoms with van der Waals surface area (Å²) in [7, 11) is 3.43. The van der Waals surface area contributed by atoms with Crippen LogP contribution in [-0.2, 0) is 17.5 Å². The van der Waals surface area contributed by atoms with Crippen molar-refractivity contribution in [2.24, 2.45) is 0 Å². The quantitative estimate of drug-likeness (QED) is 0.822. The highest BCUT2D eigenvalue weighted by Crippen LogP contribution is 2.29. The predicted octanol–water partition coefficient (Wildman–Crippen LogP) is 1.73. The van der Waals surface area contributed by atoms with Crippen LogP contribution in [0.2, 0.25) is 0 Å². The van der Waals surface area contributed by atoms with Crippen molar-refractivity contribution in [1.82, 2.24) is 30.0 Å². The molecule has 1 atom stereocenters. The second-order valence-corrected chi connectivity index (χ2v) is 6.41. The molecule has 2 aromatic rings. The summed E-state index contributed by atoms with van der Waals surface area (Å²) in [5.74, 6) is 0.499. The number of tetrazole rings is 1. The van der Waals surface area contributed by atoms with E-state index in [-0.39, 0.29) is 11.9 Å². The van der Waals surface area contributed by atoms with Crippen LogP contribution < -0.4 is 0 Å². The smallest absolute Gasteiger partial charge is 0.347 e. The van der Waals surface area contributed by atoms with E-state index in [2.05, 4.69) is 15.5 Å². The largest absolute Gasteiger partial charge is 0.416 e. The number of halogens is 3. The lowest BCUT2D eigenvalue weighted by Crippen LogP contribution is -2.42. The third kappa shape index (κ3) is 3.69. The fourth-order valence-corrected chi connectivity index (χ4v) is 3.07. The average Bonchev–Trinajstić information content (AvgIpc) is 3.23. The fraction of sp³-hybridized carbons (Fsp3) is 0.500. The zero-order valence-corrected chi connectivity index (χ0v) is 14.4. The van der Waals surface area contributed by atoms with Gasteiger partial charge in [-0.25, -0.2) is 0 Å². The number of rotatable bonds is 4. The number of benzene rings is 1. The van der Waals surface area contributed by atoms with E-state index in [1.54, 1.807) is 19.0 Å². The Balaban J connectivity index is 1.80. The van der Waals surface area contributed by atoms with Gasteiger partial charge >= 0.3 is 6.18 Å². The molecule has 1 fully saturated rings. The molecule has 2 heterocycles. The van der Waals surface area contributed by atoms with Crippen molar-refractivity contribution in [3.05, 3.63) is 35.7 Å². The van der Waals surface area contributed by atoms with Crippen molar-refractivity contribution < 1.29 is 18.0 Å². The number of hydrogen-bond acceptors (Lipinski definition) is 5. The standard InChI is InChI=1S/C16H19F3N6O/c1-23(2)15(26)13-4-3-9-24(13)10-14-20-21-22-25(14)12-7-5-11(6-8-12)16(17,18)19/h5-8,13H,3-4,9-10H2,1-2H3. The molecule has 7 nitrogen and oxygen atoms in total. The van der Waals surface area contributed by atoms with Crippen LogP contribution in [0.4, 0.5) is 13.2 Å². The topological polar surface area (TPSA) is 67.2 Å². The number of aromatic nitrogens is 4. The minimum Gasteiger partial charge on any atom is -0.347 e. The maximum Gasteiger partial charge on any atom is 0.416 e. The number of likely N-dealkylation sites (N-methyl/N-ethyl adjacent to an activating group) is 1. The molecule has 0 saturated carbocycles. The van der Waals surface area contributed by atoms with E-state index in [9.17, 15) is 18.0 Å². The molecule has 1 amide bonds. The summed E-state index contributed by atoms with van der Waals surface area (Å²) in [5.41, 5.74) is -0.292. The van der Waals surface area contributed by atoms with Crippen LogP contribution in [0.25, 0.3) is 5.69 Å². The minimum absolute atomic E-state index is 0.0241. The highest BCUT2D eigenvalue weighted by Gasteiger charge is 2.33. The van der Waals surface area contributed by atoms with E-state index in [1.165, 1.54) is 16.8 Å². The summed E-state index contributed by atoms with van der Waals surface area (Å²) in [6.07, 6.45) is -2.73. The van der Waals surface area contributed by atoms with Gasteiger partial charge in [-0.05, 0) is 54.1 Å². The van der Waals surface area contributed by atoms with Crippen molar-refractivity contribution in [1.29, 1.82) is 0 Å². The normalized spacial score (nSPS) is 18.3. The molecule has 0 spiro atoms. The number of carbonyl (C=O) groups is 1. The molecule has 0 bridgehead atoms. The summed E-state index contributed by atoms with van der Waals surface area (Å²) in [6.45, 7) is 1.09. The molecule has 1 aromatic carbocycles. The summed E-state index contributed by atoms with van der Waals surface area (Å²) in [6, 6.07) is 4.41. The van der Waals surface area contributed by atoms with Crippen molar-refractivity contribution in [3.8, 4) is 5.69 Å². The highest BCUT2D eigenvalue weighted by atomic mass is 19.4. The highest BCUT2D eigenvalue weighted by molar-refractivity contribution is 5.81. The number of nitrogens with zero attached hydrogens (tertiary/aromatic N) is 6. The van der Waals surface area contributed by atoms with Gasteiger partial charge < -0.3 is 4.90 Å². The average molecular weight is 368 g/mol. The molecule has 0 radical (unpaired) electrons. The molecule has 1 aromatic heterocycles. The van der Waals surface area contributed by atoms with Gasteiger partial charge in [0, 0.05) is 14.1 Å². The predicted molar refractivity (Wildman–Crippen MR) is 86.3 cm³/mol. The van der Waals surface area contributed by atoms with E-state index in [4.69, 9.17) is 0 Å². The molecular formula is C16H19F3N6O. The Morgan fingerprint density at radius 1 is 1.27 bits per heavy atom. The lowest BCUT2D eigenvalue weighted by molar-refractivity contribution is -0.137. The maximum absolute atomic E-state index is 12.7. The molecule has 1 unspecified atom stereocenters. The zero-order valence-electron chi connectivity index (χ0n) is 14.4. The van der Waals surface area contributed by atoms with E-state index in [0.29, 0.717) is 18.1 Å². The molecular weight excluding hydrogens is 349 g/mol. The van der Waals surface area contributed by atoms with Gasteiger partial charge in [0.2, 0.25) is 5.91 Å². The molecule has 10 heteroatoms. The molecule has 3 rings (SSSR count). The summed E-state index contributed by atoms with van der Waals surface area (Å²) >= 11 is 0. The first-order valence-electron chi connectivity index (χ1n) is 8.17. The van der Waals surface area contributed by atoms with Crippen LogP contribution in [0.5, 0.6) is 0 Å². The van der Waals surface area contributed by atoms with E-state index in [1.807, 2.05) is 4.90 Å². The Morgan fingerprint density at radius 2 is 1.96 bits per heavy atom. The van der Waals surface area contributed by atoms with Gasteiger partial charge in [0.05, 0.1) is 23.8 Å². The van der Waals surface area contributed by atoms with Gasteiger partial charge in [0.1, 0.15) is 0 Å². The second-order valence-electron chi connectivity index (χ2n) is 6.41. The first-order chi connectivity index (χ1) is 12.3. The van der Waals surface area contributed by atoms with Crippen LogP contribution >= 0.6 is 0 Å². The van der Waals surface area contributed by atoms with Gasteiger partial charge in [-0.3, -0.25) is 9.69 Å². The third-order valence-corrected chi connectivity index (χ3v) is 4.41. The first kappa shape index (κ1) is 18.3. The van der Waals surface area contributed by atoms with E-state index >= 15 is 0 Å². The van der Waals surface area contributed by atoms with Crippen LogP contribution in [-0.4, -0.2) is 62.6 Å². The number of carbonyl (C=O) groups excluding carboxylic acids is 1. The molecule has 1 aliphatic rings. The van der Waals surface area contributed by atoms with Gasteiger partial charge in [-0.15, -0.1) is 5.10 Å². The van der Waals surface area contributed by atoms with Crippen LogP contribution in [0.15, 0.2) is 24.3 Å². The molecule has 1 saturated heterocycles. The summed E-state index contributed by atoms with van der Waals surface area (Å²) in [5, 5.41) is 11.5. The first-order valence-corrected chi connectivity index (χ1v) is 8.17. The lowest BCUT2D eigenvalue weighted by atomic mass is 10.2. The van der Waals surface area contributed by atoms with E-state index in [0.717, 1.165) is 31.5 Å². The van der Waals surface area contributed by atoms with Crippen molar-refractivity contribution >= 4 is 5.91 Å². The zero-order chi connectivity index (χ0) is 18.9. The van der Waals surface area contributed by atoms with Crippen LogP contribution in [0.3, 0.4) is 0 Å². The summed E-state index contributed by atoms with van der Waals surface area (Å²) in [4.78, 5) is 15.8. The lowest BCUT2D eigenvalue weighted by Gasteiger charge is -2.25. The summed E-state index contributed by atoms with van der Waals surface area (Å²) < 4.78 is 39.5. The third-order valence-electron chi connectivity index (χ3n) is 4.41. The fourth-order valence-electron chi connectivity index (χ4n) is 3.07. The number of amides is 1. The molecule has 1 aliphatic heterocycles. The van der Waals surface area contributed by atoms with Crippen molar-refractivity contribution in [2.45, 2.75) is 31.6 Å². The van der Waals surface area contributed by atoms with Gasteiger partial charge in [-0.2, -0.15) is 17.9 Å². The maximum atomic E-state index is 12.7. The Labute approximate surface area is 148 Å². The number of likely N-dealkylation sites (tertiary alicyclic amines) is 1. The van der Waals surface area contributed by atoms with Gasteiger partial charge in [-0.1, -0.05) is 0 Å². The van der Waals surface area contributed by atoms with E-state index < -0.39 is 11.7 Å². The van der Waals surface area contributed by atoms with Crippen molar-refractivity contribution in [3.63, 3.8) is 0 Å². The Kier molecular flexibility index (Phi) is 4.94. The Morgan fingerprint density at radius 3 is 2.58 bits per heavy atom. The SMILES string of the molecule is CN(C)C(=O)C1CCCN1Cc1nnnn1-c1ccc(C(F)(F)F)cc1. The minimum atomic E-state index is -4.39. The van der Waals surface area contributed by atoms with Gasteiger partial charge in [0.15, 0.2) is 5.82 Å². The van der Waals surface area contributed by atoms with Gasteiger partial charge in [0.25, 0.3) is 0 Å². The Hall–Kier alpha value is -2.49. The molecule has 0 N–H and O–H groups in total. The van der Waals surface area contributed by atoms with Crippen molar-refractivity contribution in [2.75, 3.05) is 20.6 Å². The Bertz CT molecular complexity index is 771. The molecule has 26 heavy (non-hydrogen) atoms. The molecule has 140 valence electrons. The monoisotopic (exact) mass is 368 g/mol.